The van der Waals surface area contributed by atoms with Crippen molar-refractivity contribution in [3.05, 3.63) is 101 Å². The fourth-order valence-electron chi connectivity index (χ4n) is 4.80. The van der Waals surface area contributed by atoms with Crippen LogP contribution in [0, 0.1) is 11.3 Å². The molecule has 1 unspecified atom stereocenters. The fourth-order valence-corrected chi connectivity index (χ4v) is 5.50. The van der Waals surface area contributed by atoms with Gasteiger partial charge in [-0.1, -0.05) is 48.5 Å². The molecular weight excluding hydrogens is 576 g/mol. The van der Waals surface area contributed by atoms with Crippen LogP contribution in [-0.4, -0.2) is 45.0 Å². The van der Waals surface area contributed by atoms with E-state index in [1.165, 1.54) is 19.1 Å². The van der Waals surface area contributed by atoms with Crippen LogP contribution < -0.4 is 16.0 Å². The number of allylic oxidation sites excluding steroid dienone is 1. The van der Waals surface area contributed by atoms with E-state index in [4.69, 9.17) is 15.2 Å². The Labute approximate surface area is 247 Å². The maximum absolute atomic E-state index is 13.3. The molecule has 4 N–H and O–H groups in total. The number of nitrogens with zero attached hydrogens (tertiary/aromatic N) is 2. The number of carbonyl (C=O) groups is 3. The molecule has 0 saturated heterocycles. The van der Waals surface area contributed by atoms with Crippen molar-refractivity contribution in [2.45, 2.75) is 17.7 Å². The van der Waals surface area contributed by atoms with Crippen molar-refractivity contribution in [2.75, 3.05) is 24.4 Å². The van der Waals surface area contributed by atoms with Crippen LogP contribution in [0.3, 0.4) is 0 Å². The molecule has 1 aliphatic rings. The van der Waals surface area contributed by atoms with E-state index >= 15 is 0 Å². The topological polar surface area (TPSA) is 189 Å². The zero-order valence-electron chi connectivity index (χ0n) is 23.2. The van der Waals surface area contributed by atoms with E-state index in [0.29, 0.717) is 22.4 Å². The Morgan fingerprint density at radius 2 is 1.56 bits per heavy atom. The number of amides is 1. The van der Waals surface area contributed by atoms with Gasteiger partial charge in [-0.05, 0) is 41.0 Å². The second-order valence-corrected chi connectivity index (χ2v) is 10.6. The average molecular weight is 603 g/mol. The SMILES string of the molecule is COC(=O)C1=C(C(=O)OC)N(c2ccc(-c3ccc(NC(C)=O)cc3)cc2S(=O)(=O)O)C(N)=C(C#N)C1c1ccccc1. The summed E-state index contributed by atoms with van der Waals surface area (Å²) in [6.07, 6.45) is 0. The van der Waals surface area contributed by atoms with Crippen LogP contribution in [0.1, 0.15) is 18.4 Å². The average Bonchev–Trinajstić information content (AvgIpc) is 2.99. The summed E-state index contributed by atoms with van der Waals surface area (Å²) in [7, 11) is -2.86. The lowest BCUT2D eigenvalue weighted by atomic mass is 9.81. The summed E-state index contributed by atoms with van der Waals surface area (Å²) in [6.45, 7) is 1.36. The Balaban J connectivity index is 2.02. The minimum Gasteiger partial charge on any atom is -0.466 e. The van der Waals surface area contributed by atoms with E-state index in [2.05, 4.69) is 5.32 Å². The van der Waals surface area contributed by atoms with Crippen molar-refractivity contribution in [2.24, 2.45) is 5.73 Å². The summed E-state index contributed by atoms with van der Waals surface area (Å²) >= 11 is 0. The minimum absolute atomic E-state index is 0.182. The molecule has 12 nitrogen and oxygen atoms in total. The van der Waals surface area contributed by atoms with Crippen LogP contribution in [0.2, 0.25) is 0 Å². The van der Waals surface area contributed by atoms with Crippen LogP contribution in [0.4, 0.5) is 11.4 Å². The third-order valence-electron chi connectivity index (χ3n) is 6.63. The van der Waals surface area contributed by atoms with Crippen molar-refractivity contribution in [3.8, 4) is 17.2 Å². The Hall–Kier alpha value is -5.45. The summed E-state index contributed by atoms with van der Waals surface area (Å²) < 4.78 is 45.8. The highest BCUT2D eigenvalue weighted by atomic mass is 32.2. The van der Waals surface area contributed by atoms with Crippen molar-refractivity contribution < 1.29 is 36.8 Å². The third-order valence-corrected chi connectivity index (χ3v) is 7.51. The molecule has 1 atom stereocenters. The van der Waals surface area contributed by atoms with Gasteiger partial charge in [-0.2, -0.15) is 13.7 Å². The third kappa shape index (κ3) is 5.96. The Morgan fingerprint density at radius 3 is 2.09 bits per heavy atom. The van der Waals surface area contributed by atoms with Crippen molar-refractivity contribution >= 4 is 39.3 Å². The number of carbonyl (C=O) groups excluding carboxylic acids is 3. The predicted octanol–water partition coefficient (Wildman–Crippen LogP) is 3.46. The van der Waals surface area contributed by atoms with E-state index < -0.39 is 38.6 Å². The first-order valence-electron chi connectivity index (χ1n) is 12.6. The molecule has 3 aromatic rings. The van der Waals surface area contributed by atoms with Gasteiger partial charge in [-0.3, -0.25) is 14.2 Å². The van der Waals surface area contributed by atoms with Gasteiger partial charge in [0.25, 0.3) is 10.1 Å². The van der Waals surface area contributed by atoms with E-state index in [1.54, 1.807) is 54.6 Å². The van der Waals surface area contributed by atoms with Crippen LogP contribution >= 0.6 is 0 Å². The quantitative estimate of drug-likeness (QED) is 0.265. The summed E-state index contributed by atoms with van der Waals surface area (Å²) in [5.74, 6) is -3.89. The van der Waals surface area contributed by atoms with Crippen LogP contribution in [0.5, 0.6) is 0 Å². The molecule has 1 aliphatic heterocycles. The van der Waals surface area contributed by atoms with E-state index in [0.717, 1.165) is 25.2 Å². The van der Waals surface area contributed by atoms with Crippen molar-refractivity contribution in [1.29, 1.82) is 5.26 Å². The number of esters is 2. The van der Waals surface area contributed by atoms with Gasteiger partial charge in [0.1, 0.15) is 16.4 Å². The first-order chi connectivity index (χ1) is 20.4. The summed E-state index contributed by atoms with van der Waals surface area (Å²) in [5, 5.41) is 12.8. The number of benzene rings is 3. The van der Waals surface area contributed by atoms with Crippen LogP contribution in [0.25, 0.3) is 11.1 Å². The molecule has 0 saturated carbocycles. The van der Waals surface area contributed by atoms with Gasteiger partial charge in [0.05, 0.1) is 43.0 Å². The second-order valence-electron chi connectivity index (χ2n) is 9.25. The van der Waals surface area contributed by atoms with E-state index in [9.17, 15) is 32.6 Å². The second kappa shape index (κ2) is 12.2. The zero-order valence-corrected chi connectivity index (χ0v) is 24.0. The maximum Gasteiger partial charge on any atom is 0.355 e. The molecule has 220 valence electrons. The lowest BCUT2D eigenvalue weighted by Gasteiger charge is -2.36. The van der Waals surface area contributed by atoms with Gasteiger partial charge >= 0.3 is 11.9 Å². The molecule has 43 heavy (non-hydrogen) atoms. The molecule has 1 amide bonds. The number of hydrogen-bond donors (Lipinski definition) is 3. The van der Waals surface area contributed by atoms with E-state index in [1.807, 2.05) is 6.07 Å². The van der Waals surface area contributed by atoms with Gasteiger partial charge in [-0.25, -0.2) is 9.59 Å². The molecule has 1 heterocycles. The van der Waals surface area contributed by atoms with Gasteiger partial charge < -0.3 is 20.5 Å². The Kier molecular flexibility index (Phi) is 8.65. The van der Waals surface area contributed by atoms with E-state index in [-0.39, 0.29) is 28.6 Å². The maximum atomic E-state index is 13.3. The molecule has 0 aliphatic carbocycles. The molecule has 4 rings (SSSR count). The van der Waals surface area contributed by atoms with Gasteiger partial charge in [0.2, 0.25) is 5.91 Å². The highest BCUT2D eigenvalue weighted by Crippen LogP contribution is 2.45. The normalized spacial score (nSPS) is 15.0. The summed E-state index contributed by atoms with van der Waals surface area (Å²) in [6, 6.07) is 20.6. The number of nitrogens with two attached hydrogens (primary N) is 1. The first-order valence-corrected chi connectivity index (χ1v) is 14.0. The molecule has 13 heteroatoms. The molecule has 0 aromatic heterocycles. The molecule has 0 radical (unpaired) electrons. The van der Waals surface area contributed by atoms with Crippen LogP contribution in [0.15, 0.2) is 100 Å². The van der Waals surface area contributed by atoms with Crippen molar-refractivity contribution in [1.82, 2.24) is 0 Å². The highest BCUT2D eigenvalue weighted by molar-refractivity contribution is 7.86. The number of methoxy groups -OCH3 is 2. The first kappa shape index (κ1) is 30.5. The Morgan fingerprint density at radius 1 is 0.953 bits per heavy atom. The van der Waals surface area contributed by atoms with Gasteiger partial charge in [-0.15, -0.1) is 0 Å². The largest absolute Gasteiger partial charge is 0.466 e. The van der Waals surface area contributed by atoms with Crippen molar-refractivity contribution in [3.63, 3.8) is 0 Å². The number of nitrogens with one attached hydrogen (secondary N) is 1. The number of nitriles is 1. The number of ether oxygens (including phenoxy) is 2. The lowest BCUT2D eigenvalue weighted by molar-refractivity contribution is -0.139. The smallest absolute Gasteiger partial charge is 0.355 e. The fraction of sp³-hybridized carbons (Fsp3) is 0.133. The Bertz CT molecular complexity index is 1830. The predicted molar refractivity (Wildman–Crippen MR) is 156 cm³/mol. The molecule has 0 bridgehead atoms. The molecule has 0 fully saturated rings. The van der Waals surface area contributed by atoms with Gasteiger partial charge in [0.15, 0.2) is 0 Å². The molecule has 0 spiro atoms. The number of rotatable bonds is 7. The number of hydrogen-bond acceptors (Lipinski definition) is 10. The monoisotopic (exact) mass is 602 g/mol. The molecular formula is C30H26N4O8S. The standard InChI is InChI=1S/C30H26N4O8S/c1-17(35)33-21-12-9-18(10-13-21)20-11-14-23(24(15-20)43(38,39)40)34-27(30(37)42-3)26(29(36)41-2)25(22(16-31)28(34)32)19-7-5-4-6-8-19/h4-15,25H,32H2,1-3H3,(H,33,35)(H,38,39,40). The van der Waals surface area contributed by atoms with Crippen LogP contribution in [-0.2, 0) is 34.0 Å². The summed E-state index contributed by atoms with van der Waals surface area (Å²) in [5.41, 5.74) is 6.92. The van der Waals surface area contributed by atoms with Gasteiger partial charge in [0, 0.05) is 12.6 Å². The lowest BCUT2D eigenvalue weighted by Crippen LogP contribution is -2.41. The highest BCUT2D eigenvalue weighted by Gasteiger charge is 2.44. The number of anilines is 2. The minimum atomic E-state index is -5.00. The zero-order chi connectivity index (χ0) is 31.5. The summed E-state index contributed by atoms with van der Waals surface area (Å²) in [4.78, 5) is 38.1. The molecule has 3 aromatic carbocycles.